The Hall–Kier alpha value is -0.640. The molecule has 0 bridgehead atoms. The van der Waals surface area contributed by atoms with Gasteiger partial charge in [-0.2, -0.15) is 5.10 Å². The van der Waals surface area contributed by atoms with Crippen molar-refractivity contribution in [3.05, 3.63) is 28.2 Å². The summed E-state index contributed by atoms with van der Waals surface area (Å²) in [6.07, 6.45) is 0. The van der Waals surface area contributed by atoms with Crippen molar-refractivity contribution in [3.63, 3.8) is 0 Å². The minimum atomic E-state index is -0.0790. The smallest absolute Gasteiger partial charge is 0.266 e. The van der Waals surface area contributed by atoms with E-state index in [1.807, 2.05) is 0 Å². The molecule has 0 amide bonds. The fraction of sp³-hybridized carbons (Fsp3) is 0.333. The zero-order valence-corrected chi connectivity index (χ0v) is 7.13. The van der Waals surface area contributed by atoms with E-state index < -0.39 is 0 Å². The topological polar surface area (TPSA) is 34.9 Å². The molecule has 0 saturated heterocycles. The van der Waals surface area contributed by atoms with E-state index >= 15 is 0 Å². The number of rotatable bonds is 1. The lowest BCUT2D eigenvalue weighted by Crippen LogP contribution is -2.18. The molecule has 54 valence electrons. The minimum Gasteiger partial charge on any atom is -0.268 e. The van der Waals surface area contributed by atoms with Gasteiger partial charge in [-0.15, -0.1) is 0 Å². The molecule has 1 rings (SSSR count). The Morgan fingerprint density at radius 1 is 1.70 bits per heavy atom. The number of aryl methyl sites for hydroxylation is 1. The van der Waals surface area contributed by atoms with Crippen LogP contribution >= 0.6 is 15.9 Å². The summed E-state index contributed by atoms with van der Waals surface area (Å²) < 4.78 is 1.32. The van der Waals surface area contributed by atoms with Crippen LogP contribution < -0.4 is 5.56 Å². The molecule has 0 aliphatic heterocycles. The summed E-state index contributed by atoms with van der Waals surface area (Å²) in [6, 6.07) is 3.21. The van der Waals surface area contributed by atoms with Crippen molar-refractivity contribution in [1.82, 2.24) is 9.78 Å². The summed E-state index contributed by atoms with van der Waals surface area (Å²) in [5, 5.41) is 4.63. The number of hydrogen-bond acceptors (Lipinski definition) is 2. The molecule has 4 heteroatoms. The molecule has 1 aromatic heterocycles. The van der Waals surface area contributed by atoms with Crippen LogP contribution in [0.2, 0.25) is 0 Å². The Morgan fingerprint density at radius 2 is 2.40 bits per heavy atom. The van der Waals surface area contributed by atoms with Crippen LogP contribution in [0.3, 0.4) is 0 Å². The Bertz CT molecular complexity index is 281. The van der Waals surface area contributed by atoms with Crippen molar-refractivity contribution in [2.75, 3.05) is 0 Å². The second kappa shape index (κ2) is 2.96. The van der Waals surface area contributed by atoms with Gasteiger partial charge in [0.25, 0.3) is 5.56 Å². The van der Waals surface area contributed by atoms with Gasteiger partial charge in [0.15, 0.2) is 0 Å². The maximum absolute atomic E-state index is 10.8. The summed E-state index contributed by atoms with van der Waals surface area (Å²) in [4.78, 5) is 10.8. The van der Waals surface area contributed by atoms with Crippen molar-refractivity contribution in [2.24, 2.45) is 7.05 Å². The highest BCUT2D eigenvalue weighted by atomic mass is 79.9. The van der Waals surface area contributed by atoms with E-state index in [0.717, 1.165) is 5.69 Å². The van der Waals surface area contributed by atoms with Crippen LogP contribution in [0.4, 0.5) is 0 Å². The molecular formula is C6H7BrN2O. The first kappa shape index (κ1) is 7.47. The molecule has 0 aliphatic carbocycles. The molecule has 0 spiro atoms. The third kappa shape index (κ3) is 1.44. The number of halogens is 1. The van der Waals surface area contributed by atoms with Crippen LogP contribution in [0.15, 0.2) is 16.9 Å². The second-order valence-electron chi connectivity index (χ2n) is 1.92. The number of nitrogens with zero attached hydrogens (tertiary/aromatic N) is 2. The second-order valence-corrected chi connectivity index (χ2v) is 2.48. The van der Waals surface area contributed by atoms with Gasteiger partial charge in [0.2, 0.25) is 0 Å². The first-order chi connectivity index (χ1) is 4.74. The van der Waals surface area contributed by atoms with Gasteiger partial charge in [-0.3, -0.25) is 4.79 Å². The minimum absolute atomic E-state index is 0.0790. The van der Waals surface area contributed by atoms with Crippen molar-refractivity contribution in [1.29, 1.82) is 0 Å². The third-order valence-corrected chi connectivity index (χ3v) is 1.73. The summed E-state index contributed by atoms with van der Waals surface area (Å²) in [5.74, 6) is 0. The van der Waals surface area contributed by atoms with E-state index in [1.165, 1.54) is 10.7 Å². The molecule has 0 unspecified atom stereocenters. The van der Waals surface area contributed by atoms with E-state index in [4.69, 9.17) is 0 Å². The monoisotopic (exact) mass is 202 g/mol. The first-order valence-corrected chi connectivity index (χ1v) is 3.95. The molecule has 0 fully saturated rings. The Labute approximate surface area is 66.8 Å². The number of alkyl halides is 1. The van der Waals surface area contributed by atoms with E-state index in [9.17, 15) is 4.79 Å². The molecule has 0 radical (unpaired) electrons. The highest BCUT2D eigenvalue weighted by Gasteiger charge is 1.92. The molecular weight excluding hydrogens is 196 g/mol. The fourth-order valence-corrected chi connectivity index (χ4v) is 0.921. The van der Waals surface area contributed by atoms with Crippen molar-refractivity contribution < 1.29 is 0 Å². The van der Waals surface area contributed by atoms with Crippen LogP contribution in [-0.4, -0.2) is 9.78 Å². The Balaban J connectivity index is 3.17. The zero-order chi connectivity index (χ0) is 7.56. The predicted octanol–water partition coefficient (Wildman–Crippen LogP) is 0.675. The first-order valence-electron chi connectivity index (χ1n) is 2.83. The molecule has 1 heterocycles. The van der Waals surface area contributed by atoms with E-state index in [2.05, 4.69) is 21.0 Å². The Kier molecular flexibility index (Phi) is 2.21. The molecule has 1 aromatic rings. The standard InChI is InChI=1S/C6H7BrN2O/c1-9-6(10)3-2-5(4-7)8-9/h2-3H,4H2,1H3. The summed E-state index contributed by atoms with van der Waals surface area (Å²) in [5.41, 5.74) is 0.784. The third-order valence-electron chi connectivity index (χ3n) is 1.15. The summed E-state index contributed by atoms with van der Waals surface area (Å²) in [7, 11) is 1.63. The van der Waals surface area contributed by atoms with Gasteiger partial charge in [-0.1, -0.05) is 15.9 Å². The molecule has 0 aromatic carbocycles. The maximum Gasteiger partial charge on any atom is 0.266 e. The highest BCUT2D eigenvalue weighted by Crippen LogP contribution is 1.96. The quantitative estimate of drug-likeness (QED) is 0.629. The Morgan fingerprint density at radius 3 is 2.90 bits per heavy atom. The summed E-state index contributed by atoms with van der Waals surface area (Å²) >= 11 is 3.24. The number of aromatic nitrogens is 2. The predicted molar refractivity (Wildman–Crippen MR) is 42.1 cm³/mol. The van der Waals surface area contributed by atoms with Gasteiger partial charge in [-0.25, -0.2) is 4.68 Å². The largest absolute Gasteiger partial charge is 0.268 e. The summed E-state index contributed by atoms with van der Waals surface area (Å²) in [6.45, 7) is 0. The molecule has 0 N–H and O–H groups in total. The lowest BCUT2D eigenvalue weighted by atomic mass is 10.4. The van der Waals surface area contributed by atoms with Gasteiger partial charge in [-0.05, 0) is 6.07 Å². The van der Waals surface area contributed by atoms with Crippen molar-refractivity contribution in [2.45, 2.75) is 5.33 Å². The van der Waals surface area contributed by atoms with Gasteiger partial charge in [0, 0.05) is 18.4 Å². The zero-order valence-electron chi connectivity index (χ0n) is 5.54. The van der Waals surface area contributed by atoms with Crippen LogP contribution in [-0.2, 0) is 12.4 Å². The van der Waals surface area contributed by atoms with Crippen LogP contribution in [0.5, 0.6) is 0 Å². The average Bonchev–Trinajstić information content (AvgIpc) is 1.95. The van der Waals surface area contributed by atoms with E-state index in [1.54, 1.807) is 13.1 Å². The van der Waals surface area contributed by atoms with Gasteiger partial charge in [0.1, 0.15) is 0 Å². The normalized spacial score (nSPS) is 9.80. The van der Waals surface area contributed by atoms with Gasteiger partial charge < -0.3 is 0 Å². The highest BCUT2D eigenvalue weighted by molar-refractivity contribution is 9.08. The number of hydrogen-bond donors (Lipinski definition) is 0. The molecule has 0 saturated carbocycles. The van der Waals surface area contributed by atoms with Crippen LogP contribution in [0.25, 0.3) is 0 Å². The van der Waals surface area contributed by atoms with Crippen molar-refractivity contribution in [3.8, 4) is 0 Å². The molecule has 3 nitrogen and oxygen atoms in total. The van der Waals surface area contributed by atoms with Gasteiger partial charge in [0.05, 0.1) is 5.69 Å². The van der Waals surface area contributed by atoms with E-state index in [0.29, 0.717) is 5.33 Å². The fourth-order valence-electron chi connectivity index (χ4n) is 0.622. The molecule has 10 heavy (non-hydrogen) atoms. The molecule has 0 atom stereocenters. The SMILES string of the molecule is Cn1nc(CBr)ccc1=O. The van der Waals surface area contributed by atoms with Crippen molar-refractivity contribution >= 4 is 15.9 Å². The van der Waals surface area contributed by atoms with E-state index in [-0.39, 0.29) is 5.56 Å². The molecule has 0 aliphatic rings. The lowest BCUT2D eigenvalue weighted by Gasteiger charge is -1.96. The maximum atomic E-state index is 10.8. The van der Waals surface area contributed by atoms with Gasteiger partial charge >= 0.3 is 0 Å². The average molecular weight is 203 g/mol. The van der Waals surface area contributed by atoms with Crippen LogP contribution in [0, 0.1) is 0 Å². The van der Waals surface area contributed by atoms with Crippen LogP contribution in [0.1, 0.15) is 5.69 Å². The lowest BCUT2D eigenvalue weighted by molar-refractivity contribution is 0.691.